The molecule has 1 saturated carbocycles. The van der Waals surface area contributed by atoms with Gasteiger partial charge in [0.05, 0.1) is 10.6 Å². The van der Waals surface area contributed by atoms with E-state index in [1.807, 2.05) is 59.5 Å². The van der Waals surface area contributed by atoms with E-state index in [9.17, 15) is 4.79 Å². The van der Waals surface area contributed by atoms with Crippen molar-refractivity contribution < 1.29 is 14.3 Å². The smallest absolute Gasteiger partial charge is 0.267 e. The summed E-state index contributed by atoms with van der Waals surface area (Å²) >= 11 is 1.46. The summed E-state index contributed by atoms with van der Waals surface area (Å²) in [6.45, 7) is 1.11. The van der Waals surface area contributed by atoms with Crippen LogP contribution < -0.4 is 9.47 Å². The standard InChI is InChI=1S/C24H24N2O3S/c27-23-22(16-17-11-12-20-21(15-17)29-14-13-28-20)30-24(25-18-7-3-1-4-8-18)26(23)19-9-5-2-6-10-19/h1,3-4,7-8,11-12,15-16,19H,2,5-6,9-10,13-14H2/b22-16-,25-24?. The van der Waals surface area contributed by atoms with Crippen LogP contribution in [0.1, 0.15) is 37.7 Å². The van der Waals surface area contributed by atoms with Crippen LogP contribution in [0.3, 0.4) is 0 Å². The first-order valence-corrected chi connectivity index (χ1v) is 11.4. The number of amidine groups is 1. The second-order valence-electron chi connectivity index (χ2n) is 7.71. The van der Waals surface area contributed by atoms with Crippen molar-refractivity contribution in [1.29, 1.82) is 0 Å². The Kier molecular flexibility index (Phi) is 5.49. The van der Waals surface area contributed by atoms with Crippen molar-refractivity contribution in [3.8, 4) is 11.5 Å². The number of carbonyl (C=O) groups is 1. The third-order valence-corrected chi connectivity index (χ3v) is 6.60. The zero-order chi connectivity index (χ0) is 20.3. The molecule has 3 aliphatic rings. The van der Waals surface area contributed by atoms with E-state index in [0.717, 1.165) is 40.8 Å². The van der Waals surface area contributed by atoms with Crippen LogP contribution in [0.4, 0.5) is 5.69 Å². The molecule has 2 aromatic rings. The van der Waals surface area contributed by atoms with Crippen LogP contribution in [-0.4, -0.2) is 35.2 Å². The molecule has 0 bridgehead atoms. The lowest BCUT2D eigenvalue weighted by Crippen LogP contribution is -2.40. The molecular weight excluding hydrogens is 396 g/mol. The zero-order valence-electron chi connectivity index (χ0n) is 16.8. The number of para-hydroxylation sites is 1. The topological polar surface area (TPSA) is 51.1 Å². The Bertz CT molecular complexity index is 997. The van der Waals surface area contributed by atoms with Crippen LogP contribution in [0.2, 0.25) is 0 Å². The largest absolute Gasteiger partial charge is 0.486 e. The van der Waals surface area contributed by atoms with Gasteiger partial charge in [-0.3, -0.25) is 9.69 Å². The molecule has 5 nitrogen and oxygen atoms in total. The summed E-state index contributed by atoms with van der Waals surface area (Å²) in [5, 5.41) is 0.780. The average molecular weight is 421 g/mol. The van der Waals surface area contributed by atoms with Crippen molar-refractivity contribution in [3.05, 3.63) is 59.0 Å². The molecule has 0 aromatic heterocycles. The number of benzene rings is 2. The summed E-state index contributed by atoms with van der Waals surface area (Å²) in [5.41, 5.74) is 1.80. The predicted octanol–water partition coefficient (Wildman–Crippen LogP) is 5.39. The number of rotatable bonds is 3. The minimum Gasteiger partial charge on any atom is -0.486 e. The van der Waals surface area contributed by atoms with Gasteiger partial charge in [0.2, 0.25) is 0 Å². The van der Waals surface area contributed by atoms with Gasteiger partial charge in [0.25, 0.3) is 5.91 Å². The number of hydrogen-bond donors (Lipinski definition) is 0. The summed E-state index contributed by atoms with van der Waals surface area (Å²) < 4.78 is 11.3. The lowest BCUT2D eigenvalue weighted by atomic mass is 9.94. The van der Waals surface area contributed by atoms with E-state index in [4.69, 9.17) is 14.5 Å². The van der Waals surface area contributed by atoms with Crippen LogP contribution >= 0.6 is 11.8 Å². The summed E-state index contributed by atoms with van der Waals surface area (Å²) in [5.74, 6) is 1.54. The number of amides is 1. The highest BCUT2D eigenvalue weighted by Gasteiger charge is 2.38. The number of fused-ring (bicyclic) bond motifs is 1. The molecule has 30 heavy (non-hydrogen) atoms. The van der Waals surface area contributed by atoms with E-state index < -0.39 is 0 Å². The van der Waals surface area contributed by atoms with Crippen LogP contribution in [0.25, 0.3) is 6.08 Å². The first-order valence-electron chi connectivity index (χ1n) is 10.5. The highest BCUT2D eigenvalue weighted by atomic mass is 32.2. The number of aliphatic imine (C=N–C) groups is 1. The molecule has 0 unspecified atom stereocenters. The molecule has 5 rings (SSSR count). The molecule has 2 aromatic carbocycles. The van der Waals surface area contributed by atoms with Crippen LogP contribution in [-0.2, 0) is 4.79 Å². The number of carbonyl (C=O) groups excluding carboxylic acids is 1. The molecule has 2 fully saturated rings. The van der Waals surface area contributed by atoms with Gasteiger partial charge in [-0.05, 0) is 60.5 Å². The van der Waals surface area contributed by atoms with Gasteiger partial charge >= 0.3 is 0 Å². The summed E-state index contributed by atoms with van der Waals surface area (Å²) in [4.78, 5) is 20.9. The fourth-order valence-corrected chi connectivity index (χ4v) is 5.20. The Labute approximate surface area is 180 Å². The van der Waals surface area contributed by atoms with Gasteiger partial charge in [0, 0.05) is 6.04 Å². The first kappa shape index (κ1) is 19.2. The van der Waals surface area contributed by atoms with Gasteiger partial charge in [-0.25, -0.2) is 4.99 Å². The Morgan fingerprint density at radius 2 is 1.73 bits per heavy atom. The second kappa shape index (κ2) is 8.56. The van der Waals surface area contributed by atoms with Gasteiger partial charge in [-0.1, -0.05) is 43.5 Å². The monoisotopic (exact) mass is 420 g/mol. The molecule has 1 amide bonds. The first-order chi connectivity index (χ1) is 14.8. The van der Waals surface area contributed by atoms with Crippen LogP contribution in [0.5, 0.6) is 11.5 Å². The van der Waals surface area contributed by atoms with Gasteiger partial charge in [0.1, 0.15) is 13.2 Å². The van der Waals surface area contributed by atoms with E-state index in [1.54, 1.807) is 0 Å². The van der Waals surface area contributed by atoms with Crippen molar-refractivity contribution >= 4 is 34.6 Å². The van der Waals surface area contributed by atoms with Gasteiger partial charge in [-0.15, -0.1) is 0 Å². The minimum atomic E-state index is 0.0523. The molecule has 0 spiro atoms. The highest BCUT2D eigenvalue weighted by molar-refractivity contribution is 8.18. The number of nitrogens with zero attached hydrogens (tertiary/aromatic N) is 2. The predicted molar refractivity (Wildman–Crippen MR) is 120 cm³/mol. The van der Waals surface area contributed by atoms with E-state index in [-0.39, 0.29) is 11.9 Å². The lowest BCUT2D eigenvalue weighted by molar-refractivity contribution is -0.124. The van der Waals surface area contributed by atoms with E-state index in [1.165, 1.54) is 31.0 Å². The molecule has 1 aliphatic carbocycles. The molecule has 6 heteroatoms. The quantitative estimate of drug-likeness (QED) is 0.625. The van der Waals surface area contributed by atoms with E-state index in [0.29, 0.717) is 18.1 Å². The second-order valence-corrected chi connectivity index (χ2v) is 8.72. The third kappa shape index (κ3) is 3.97. The Balaban J connectivity index is 1.48. The number of thioether (sulfide) groups is 1. The normalized spacial score (nSPS) is 22.1. The Morgan fingerprint density at radius 3 is 2.53 bits per heavy atom. The van der Waals surface area contributed by atoms with Crippen molar-refractivity contribution in [2.45, 2.75) is 38.1 Å². The lowest BCUT2D eigenvalue weighted by Gasteiger charge is -2.30. The summed E-state index contributed by atoms with van der Waals surface area (Å²) in [6, 6.07) is 15.9. The van der Waals surface area contributed by atoms with E-state index >= 15 is 0 Å². The number of ether oxygens (including phenoxy) is 2. The molecule has 0 atom stereocenters. The third-order valence-electron chi connectivity index (χ3n) is 5.62. The minimum absolute atomic E-state index is 0.0523. The van der Waals surface area contributed by atoms with Gasteiger partial charge in [0.15, 0.2) is 16.7 Å². The molecule has 0 N–H and O–H groups in total. The molecule has 2 aliphatic heterocycles. The zero-order valence-corrected chi connectivity index (χ0v) is 17.6. The maximum absolute atomic E-state index is 13.4. The fourth-order valence-electron chi connectivity index (χ4n) is 4.14. The van der Waals surface area contributed by atoms with E-state index in [2.05, 4.69) is 0 Å². The molecule has 2 heterocycles. The van der Waals surface area contributed by atoms with Gasteiger partial charge in [-0.2, -0.15) is 0 Å². The summed E-state index contributed by atoms with van der Waals surface area (Å²) in [7, 11) is 0. The molecule has 154 valence electrons. The van der Waals surface area contributed by atoms with Crippen molar-refractivity contribution in [1.82, 2.24) is 4.90 Å². The van der Waals surface area contributed by atoms with Crippen molar-refractivity contribution in [3.63, 3.8) is 0 Å². The number of hydrogen-bond acceptors (Lipinski definition) is 5. The van der Waals surface area contributed by atoms with Gasteiger partial charge < -0.3 is 9.47 Å². The SMILES string of the molecule is O=C1/C(=C/c2ccc3c(c2)OCCO3)SC(=Nc2ccccc2)N1C1CCCCC1. The fraction of sp³-hybridized carbons (Fsp3) is 0.333. The molecular formula is C24H24N2O3S. The highest BCUT2D eigenvalue weighted by Crippen LogP contribution is 2.39. The van der Waals surface area contributed by atoms with Crippen molar-refractivity contribution in [2.24, 2.45) is 4.99 Å². The molecule has 0 radical (unpaired) electrons. The van der Waals surface area contributed by atoms with Crippen molar-refractivity contribution in [2.75, 3.05) is 13.2 Å². The van der Waals surface area contributed by atoms with Crippen LogP contribution in [0, 0.1) is 0 Å². The molecule has 1 saturated heterocycles. The van der Waals surface area contributed by atoms with Crippen LogP contribution in [0.15, 0.2) is 58.4 Å². The average Bonchev–Trinajstić information content (AvgIpc) is 3.09. The maximum atomic E-state index is 13.4. The Hall–Kier alpha value is -2.73. The maximum Gasteiger partial charge on any atom is 0.267 e. The Morgan fingerprint density at radius 1 is 0.967 bits per heavy atom. The summed E-state index contributed by atoms with van der Waals surface area (Å²) in [6.07, 6.45) is 7.60.